The van der Waals surface area contributed by atoms with Crippen molar-refractivity contribution in [3.8, 4) is 5.75 Å². The van der Waals surface area contributed by atoms with E-state index in [0.717, 1.165) is 5.56 Å². The molecule has 7 nitrogen and oxygen atoms in total. The van der Waals surface area contributed by atoms with Gasteiger partial charge in [0.2, 0.25) is 0 Å². The van der Waals surface area contributed by atoms with Crippen molar-refractivity contribution < 1.29 is 28.6 Å². The Labute approximate surface area is 168 Å². The molecule has 1 heterocycles. The number of anilines is 1. The summed E-state index contributed by atoms with van der Waals surface area (Å²) in [6.45, 7) is 3.18. The van der Waals surface area contributed by atoms with Gasteiger partial charge in [0.25, 0.3) is 5.91 Å². The molecular formula is C22H21NO6. The lowest BCUT2D eigenvalue weighted by Gasteiger charge is -2.16. The molecule has 7 heteroatoms. The Hall–Kier alpha value is -3.61. The van der Waals surface area contributed by atoms with Crippen molar-refractivity contribution in [1.82, 2.24) is 0 Å². The number of carbonyl (C=O) groups excluding carboxylic acids is 3. The average molecular weight is 395 g/mol. The number of hydrogen-bond acceptors (Lipinski definition) is 6. The standard InChI is InChI=1S/C22H21NO6/c1-14(2)29-22(26)15-7-9-18(10-8-15)23-20(24)13-28-21(25)17-11-16-5-3-4-6-19(16)27-12-17/h3-11,14H,12-13H2,1-2H3,(H,23,24). The van der Waals surface area contributed by atoms with E-state index in [1.807, 2.05) is 24.3 Å². The Morgan fingerprint density at radius 2 is 1.76 bits per heavy atom. The van der Waals surface area contributed by atoms with Gasteiger partial charge in [-0.05, 0) is 50.3 Å². The lowest BCUT2D eigenvalue weighted by Crippen LogP contribution is -2.24. The molecule has 0 bridgehead atoms. The van der Waals surface area contributed by atoms with E-state index in [9.17, 15) is 14.4 Å². The molecule has 0 spiro atoms. The predicted octanol–water partition coefficient (Wildman–Crippen LogP) is 3.21. The van der Waals surface area contributed by atoms with Gasteiger partial charge >= 0.3 is 11.9 Å². The fourth-order valence-corrected chi connectivity index (χ4v) is 2.63. The van der Waals surface area contributed by atoms with Crippen LogP contribution < -0.4 is 10.1 Å². The monoisotopic (exact) mass is 395 g/mol. The van der Waals surface area contributed by atoms with Gasteiger partial charge in [0.1, 0.15) is 12.4 Å². The first-order valence-corrected chi connectivity index (χ1v) is 9.13. The molecule has 1 aliphatic heterocycles. The lowest BCUT2D eigenvalue weighted by atomic mass is 10.1. The molecule has 0 aliphatic carbocycles. The van der Waals surface area contributed by atoms with E-state index in [4.69, 9.17) is 14.2 Å². The third-order valence-electron chi connectivity index (χ3n) is 3.98. The molecule has 150 valence electrons. The van der Waals surface area contributed by atoms with Gasteiger partial charge in [0.15, 0.2) is 6.61 Å². The van der Waals surface area contributed by atoms with Gasteiger partial charge in [0.05, 0.1) is 17.2 Å². The summed E-state index contributed by atoms with van der Waals surface area (Å²) in [5.74, 6) is -0.839. The Morgan fingerprint density at radius 3 is 2.48 bits per heavy atom. The minimum atomic E-state index is -0.610. The van der Waals surface area contributed by atoms with Crippen LogP contribution in [0.2, 0.25) is 0 Å². The molecule has 0 saturated carbocycles. The van der Waals surface area contributed by atoms with E-state index in [1.165, 1.54) is 0 Å². The van der Waals surface area contributed by atoms with E-state index in [2.05, 4.69) is 5.32 Å². The average Bonchev–Trinajstić information content (AvgIpc) is 2.71. The van der Waals surface area contributed by atoms with Crippen LogP contribution in [-0.4, -0.2) is 37.2 Å². The van der Waals surface area contributed by atoms with E-state index in [1.54, 1.807) is 44.2 Å². The zero-order valence-corrected chi connectivity index (χ0v) is 16.1. The van der Waals surface area contributed by atoms with Gasteiger partial charge in [-0.25, -0.2) is 9.59 Å². The molecule has 0 radical (unpaired) electrons. The Bertz CT molecular complexity index is 946. The number of carbonyl (C=O) groups is 3. The van der Waals surface area contributed by atoms with Crippen molar-refractivity contribution in [2.75, 3.05) is 18.5 Å². The maximum Gasteiger partial charge on any atom is 0.338 e. The molecule has 1 N–H and O–H groups in total. The van der Waals surface area contributed by atoms with Crippen molar-refractivity contribution in [3.63, 3.8) is 0 Å². The van der Waals surface area contributed by atoms with Crippen LogP contribution in [0.3, 0.4) is 0 Å². The maximum absolute atomic E-state index is 12.2. The third kappa shape index (κ3) is 5.44. The van der Waals surface area contributed by atoms with Gasteiger partial charge < -0.3 is 19.5 Å². The van der Waals surface area contributed by atoms with Gasteiger partial charge in [-0.3, -0.25) is 4.79 Å². The normalized spacial score (nSPS) is 12.3. The molecule has 0 unspecified atom stereocenters. The quantitative estimate of drug-likeness (QED) is 0.756. The number of nitrogens with one attached hydrogen (secondary N) is 1. The summed E-state index contributed by atoms with van der Waals surface area (Å²) >= 11 is 0. The lowest BCUT2D eigenvalue weighted by molar-refractivity contribution is -0.143. The summed E-state index contributed by atoms with van der Waals surface area (Å²) < 4.78 is 15.7. The van der Waals surface area contributed by atoms with Crippen molar-refractivity contribution in [1.29, 1.82) is 0 Å². The van der Waals surface area contributed by atoms with E-state index >= 15 is 0 Å². The van der Waals surface area contributed by atoms with Crippen LogP contribution in [0.5, 0.6) is 5.75 Å². The highest BCUT2D eigenvalue weighted by Crippen LogP contribution is 2.26. The number of amides is 1. The highest BCUT2D eigenvalue weighted by molar-refractivity contribution is 5.98. The highest BCUT2D eigenvalue weighted by Gasteiger charge is 2.19. The molecular weight excluding hydrogens is 374 g/mol. The van der Waals surface area contributed by atoms with Crippen LogP contribution in [0.15, 0.2) is 54.1 Å². The molecule has 1 amide bonds. The largest absolute Gasteiger partial charge is 0.488 e. The molecule has 0 aromatic heterocycles. The summed E-state index contributed by atoms with van der Waals surface area (Å²) in [5.41, 5.74) is 1.98. The van der Waals surface area contributed by atoms with Crippen molar-refractivity contribution in [2.24, 2.45) is 0 Å². The van der Waals surface area contributed by atoms with Crippen LogP contribution >= 0.6 is 0 Å². The first kappa shape index (κ1) is 20.1. The summed E-state index contributed by atoms with van der Waals surface area (Å²) in [7, 11) is 0. The molecule has 3 rings (SSSR count). The smallest absolute Gasteiger partial charge is 0.338 e. The van der Waals surface area contributed by atoms with Gasteiger partial charge in [-0.15, -0.1) is 0 Å². The number of ether oxygens (including phenoxy) is 3. The topological polar surface area (TPSA) is 90.9 Å². The van der Waals surface area contributed by atoms with E-state index in [-0.39, 0.29) is 12.7 Å². The van der Waals surface area contributed by atoms with Gasteiger partial charge in [-0.1, -0.05) is 18.2 Å². The summed E-state index contributed by atoms with van der Waals surface area (Å²) in [5, 5.41) is 2.60. The minimum Gasteiger partial charge on any atom is -0.488 e. The number of hydrogen-bond donors (Lipinski definition) is 1. The van der Waals surface area contributed by atoms with Crippen LogP contribution in [-0.2, 0) is 19.1 Å². The number of esters is 2. The number of rotatable bonds is 6. The zero-order chi connectivity index (χ0) is 20.8. The van der Waals surface area contributed by atoms with Crippen molar-refractivity contribution >= 4 is 29.6 Å². The number of para-hydroxylation sites is 1. The number of fused-ring (bicyclic) bond motifs is 1. The first-order valence-electron chi connectivity index (χ1n) is 9.13. The molecule has 1 aliphatic rings. The molecule has 0 saturated heterocycles. The Kier molecular flexibility index (Phi) is 6.29. The number of benzene rings is 2. The van der Waals surface area contributed by atoms with Crippen LogP contribution in [0.1, 0.15) is 29.8 Å². The summed E-state index contributed by atoms with van der Waals surface area (Å²) in [6, 6.07) is 13.6. The van der Waals surface area contributed by atoms with Gasteiger partial charge in [-0.2, -0.15) is 0 Å². The highest BCUT2D eigenvalue weighted by atomic mass is 16.5. The second-order valence-electron chi connectivity index (χ2n) is 6.65. The zero-order valence-electron chi connectivity index (χ0n) is 16.1. The second-order valence-corrected chi connectivity index (χ2v) is 6.65. The van der Waals surface area contributed by atoms with Crippen LogP contribution in [0.25, 0.3) is 6.08 Å². The maximum atomic E-state index is 12.2. The van der Waals surface area contributed by atoms with Gasteiger partial charge in [0, 0.05) is 11.3 Å². The van der Waals surface area contributed by atoms with E-state index < -0.39 is 24.5 Å². The Balaban J connectivity index is 1.51. The molecule has 2 aromatic carbocycles. The van der Waals surface area contributed by atoms with Crippen LogP contribution in [0.4, 0.5) is 5.69 Å². The molecule has 0 fully saturated rings. The van der Waals surface area contributed by atoms with Crippen molar-refractivity contribution in [2.45, 2.75) is 20.0 Å². The molecule has 2 aromatic rings. The molecule has 29 heavy (non-hydrogen) atoms. The second kappa shape index (κ2) is 9.05. The summed E-state index contributed by atoms with van der Waals surface area (Å²) in [6.07, 6.45) is 1.48. The first-order chi connectivity index (χ1) is 13.9. The fourth-order valence-electron chi connectivity index (χ4n) is 2.63. The minimum absolute atomic E-state index is 0.0887. The Morgan fingerprint density at radius 1 is 1.03 bits per heavy atom. The summed E-state index contributed by atoms with van der Waals surface area (Å²) in [4.78, 5) is 36.0. The predicted molar refractivity (Wildman–Crippen MR) is 106 cm³/mol. The SMILES string of the molecule is CC(C)OC(=O)c1ccc(NC(=O)COC(=O)C2=Cc3ccccc3OC2)cc1. The van der Waals surface area contributed by atoms with E-state index in [0.29, 0.717) is 22.6 Å². The molecule has 0 atom stereocenters. The van der Waals surface area contributed by atoms with Crippen LogP contribution in [0, 0.1) is 0 Å². The fraction of sp³-hybridized carbons (Fsp3) is 0.227. The van der Waals surface area contributed by atoms with Crippen molar-refractivity contribution in [3.05, 3.63) is 65.2 Å². The third-order valence-corrected chi connectivity index (χ3v) is 3.98.